The largest absolute Gasteiger partial charge is 0.313 e. The molecular weight excluding hydrogens is 124 g/mol. The van der Waals surface area contributed by atoms with Crippen LogP contribution in [0.25, 0.3) is 0 Å². The lowest BCUT2D eigenvalue weighted by Gasteiger charge is -1.94. The van der Waals surface area contributed by atoms with E-state index in [2.05, 4.69) is 6.21 Å². The van der Waals surface area contributed by atoms with Crippen molar-refractivity contribution in [1.82, 2.24) is 0 Å². The van der Waals surface area contributed by atoms with Gasteiger partial charge in [0.05, 0.1) is 6.21 Å². The van der Waals surface area contributed by atoms with E-state index in [1.165, 1.54) is 19.1 Å². The number of hydrogen-bond donors (Lipinski definition) is 2. The fraction of sp³-hybridized carbons (Fsp3) is 0.750. The molecule has 2 heteroatoms. The molecule has 0 saturated heterocycles. The van der Waals surface area contributed by atoms with E-state index in [1.54, 1.807) is 0 Å². The van der Waals surface area contributed by atoms with E-state index in [9.17, 15) is 0 Å². The fourth-order valence-corrected chi connectivity index (χ4v) is 0.813. The third-order valence-corrected chi connectivity index (χ3v) is 1.40. The van der Waals surface area contributed by atoms with Crippen LogP contribution >= 0.6 is 0 Å². The molecule has 0 aromatic rings. The van der Waals surface area contributed by atoms with E-state index in [0.29, 0.717) is 0 Å². The molecule has 0 aromatic heterocycles. The van der Waals surface area contributed by atoms with Gasteiger partial charge in [-0.3, -0.25) is 0 Å². The Morgan fingerprint density at radius 2 is 1.80 bits per heavy atom. The monoisotopic (exact) mass is 139 g/mol. The lowest BCUT2D eigenvalue weighted by molar-refractivity contribution is 0.670. The molecular formula is C8H15N2. The second-order valence-corrected chi connectivity index (χ2v) is 2.33. The van der Waals surface area contributed by atoms with Crippen LogP contribution in [0.4, 0.5) is 0 Å². The summed E-state index contributed by atoms with van der Waals surface area (Å²) in [5.41, 5.74) is 0. The average Bonchev–Trinajstić information content (AvgIpc) is 1.97. The summed E-state index contributed by atoms with van der Waals surface area (Å²) < 4.78 is 0. The molecule has 10 heavy (non-hydrogen) atoms. The fourth-order valence-electron chi connectivity index (χ4n) is 0.813. The Bertz CT molecular complexity index is 77.3. The molecule has 0 aromatic carbocycles. The van der Waals surface area contributed by atoms with Gasteiger partial charge in [-0.05, 0) is 31.9 Å². The van der Waals surface area contributed by atoms with Crippen molar-refractivity contribution in [3.05, 3.63) is 0 Å². The molecule has 2 N–H and O–H groups in total. The minimum atomic E-state index is 0.796. The van der Waals surface area contributed by atoms with Gasteiger partial charge in [0.2, 0.25) is 0 Å². The average molecular weight is 139 g/mol. The zero-order valence-electron chi connectivity index (χ0n) is 6.32. The first-order chi connectivity index (χ1) is 4.91. The Hall–Kier alpha value is -0.660. The van der Waals surface area contributed by atoms with E-state index in [4.69, 9.17) is 10.8 Å². The Morgan fingerprint density at radius 1 is 1.10 bits per heavy atom. The maximum Gasteiger partial charge on any atom is 0.0521 e. The van der Waals surface area contributed by atoms with Gasteiger partial charge in [0.1, 0.15) is 0 Å². The standard InChI is InChI=1S/C8H15N2/c9-7-5-3-1-2-4-6-8-10/h7,9-10H,1-6H2. The minimum Gasteiger partial charge on any atom is -0.313 e. The number of unbranched alkanes of at least 4 members (excludes halogenated alkanes) is 5. The quantitative estimate of drug-likeness (QED) is 0.402. The van der Waals surface area contributed by atoms with Gasteiger partial charge in [0, 0.05) is 0 Å². The van der Waals surface area contributed by atoms with Crippen molar-refractivity contribution in [2.45, 2.75) is 38.5 Å². The lowest BCUT2D eigenvalue weighted by atomic mass is 10.1. The molecule has 0 unspecified atom stereocenters. The highest BCUT2D eigenvalue weighted by Crippen LogP contribution is 2.02. The molecule has 2 nitrogen and oxygen atoms in total. The van der Waals surface area contributed by atoms with Crippen LogP contribution in [-0.2, 0) is 0 Å². The van der Waals surface area contributed by atoms with Gasteiger partial charge in [0.25, 0.3) is 0 Å². The zero-order valence-corrected chi connectivity index (χ0v) is 6.32. The molecule has 0 fully saturated rings. The van der Waals surface area contributed by atoms with Gasteiger partial charge in [-0.2, -0.15) is 0 Å². The van der Waals surface area contributed by atoms with E-state index in [1.807, 2.05) is 0 Å². The summed E-state index contributed by atoms with van der Waals surface area (Å²) in [4.78, 5) is 0. The number of nitrogens with one attached hydrogen (secondary N) is 2. The van der Waals surface area contributed by atoms with E-state index in [0.717, 1.165) is 25.7 Å². The number of rotatable bonds is 7. The first-order valence-corrected chi connectivity index (χ1v) is 3.80. The zero-order chi connectivity index (χ0) is 7.66. The van der Waals surface area contributed by atoms with Crippen LogP contribution in [0.5, 0.6) is 0 Å². The van der Waals surface area contributed by atoms with Gasteiger partial charge in [-0.25, -0.2) is 0 Å². The molecule has 0 bridgehead atoms. The molecule has 1 radical (unpaired) electrons. The van der Waals surface area contributed by atoms with Gasteiger partial charge in [-0.1, -0.05) is 12.8 Å². The highest BCUT2D eigenvalue weighted by Gasteiger charge is 1.86. The van der Waals surface area contributed by atoms with Crippen LogP contribution in [0.3, 0.4) is 0 Å². The maximum absolute atomic E-state index is 6.75. The van der Waals surface area contributed by atoms with Crippen molar-refractivity contribution >= 4 is 12.4 Å². The highest BCUT2D eigenvalue weighted by molar-refractivity contribution is 5.52. The van der Waals surface area contributed by atoms with Crippen molar-refractivity contribution in [1.29, 1.82) is 10.8 Å². The summed E-state index contributed by atoms with van der Waals surface area (Å²) in [6.45, 7) is 0. The third-order valence-electron chi connectivity index (χ3n) is 1.40. The molecule has 0 aliphatic carbocycles. The molecule has 57 valence electrons. The van der Waals surface area contributed by atoms with Crippen LogP contribution in [0.2, 0.25) is 0 Å². The smallest absolute Gasteiger partial charge is 0.0521 e. The Morgan fingerprint density at radius 3 is 2.40 bits per heavy atom. The summed E-state index contributed by atoms with van der Waals surface area (Å²) in [5.74, 6) is 0. The normalized spacial score (nSPS) is 9.20. The first-order valence-electron chi connectivity index (χ1n) is 3.80. The van der Waals surface area contributed by atoms with Crippen molar-refractivity contribution in [3.63, 3.8) is 0 Å². The molecule has 0 spiro atoms. The minimum absolute atomic E-state index is 0.796. The number of hydrogen-bond acceptors (Lipinski definition) is 2. The molecule has 0 saturated carbocycles. The summed E-state index contributed by atoms with van der Waals surface area (Å²) in [7, 11) is 0. The van der Waals surface area contributed by atoms with Crippen LogP contribution < -0.4 is 0 Å². The van der Waals surface area contributed by atoms with Gasteiger partial charge >= 0.3 is 0 Å². The van der Waals surface area contributed by atoms with Crippen molar-refractivity contribution in [2.75, 3.05) is 0 Å². The Balaban J connectivity index is 2.76. The van der Waals surface area contributed by atoms with Gasteiger partial charge < -0.3 is 10.8 Å². The summed E-state index contributed by atoms with van der Waals surface area (Å²) in [6, 6.07) is 0. The second kappa shape index (κ2) is 8.34. The van der Waals surface area contributed by atoms with Crippen LogP contribution in [0, 0.1) is 10.8 Å². The van der Waals surface area contributed by atoms with Crippen LogP contribution in [0.1, 0.15) is 38.5 Å². The SMILES string of the molecule is N=[C]CCCCCCC=N. The third kappa shape index (κ3) is 7.34. The van der Waals surface area contributed by atoms with Crippen molar-refractivity contribution < 1.29 is 0 Å². The van der Waals surface area contributed by atoms with Gasteiger partial charge in [0.15, 0.2) is 0 Å². The lowest BCUT2D eigenvalue weighted by Crippen LogP contribution is -1.80. The summed E-state index contributed by atoms with van der Waals surface area (Å²) in [5, 5.41) is 13.4. The highest BCUT2D eigenvalue weighted by atomic mass is 14.3. The topological polar surface area (TPSA) is 47.7 Å². The van der Waals surface area contributed by atoms with Gasteiger partial charge in [-0.15, -0.1) is 0 Å². The summed E-state index contributed by atoms with van der Waals surface area (Å²) in [6.07, 6.45) is 10.1. The van der Waals surface area contributed by atoms with E-state index >= 15 is 0 Å². The van der Waals surface area contributed by atoms with Crippen molar-refractivity contribution in [2.24, 2.45) is 0 Å². The molecule has 0 aliphatic rings. The predicted molar refractivity (Wildman–Crippen MR) is 44.2 cm³/mol. The predicted octanol–water partition coefficient (Wildman–Crippen LogP) is 2.50. The van der Waals surface area contributed by atoms with Crippen LogP contribution in [0.15, 0.2) is 0 Å². The molecule has 0 atom stereocenters. The first kappa shape index (κ1) is 9.34. The maximum atomic E-state index is 6.75. The molecule has 0 heterocycles. The molecule has 0 amide bonds. The molecule has 0 aliphatic heterocycles. The van der Waals surface area contributed by atoms with E-state index < -0.39 is 0 Å². The molecule has 0 rings (SSSR count). The van der Waals surface area contributed by atoms with E-state index in [-0.39, 0.29) is 0 Å². The summed E-state index contributed by atoms with van der Waals surface area (Å²) >= 11 is 0. The van der Waals surface area contributed by atoms with Crippen LogP contribution in [-0.4, -0.2) is 12.4 Å². The Labute approximate surface area is 62.7 Å². The van der Waals surface area contributed by atoms with Crippen molar-refractivity contribution in [3.8, 4) is 0 Å². The second-order valence-electron chi connectivity index (χ2n) is 2.33. The Kier molecular flexibility index (Phi) is 7.79.